The summed E-state index contributed by atoms with van der Waals surface area (Å²) in [4.78, 5) is 2.33. The largest absolute Gasteiger partial charge is 0.504 e. The van der Waals surface area contributed by atoms with Crippen LogP contribution in [0.15, 0.2) is 12.1 Å². The van der Waals surface area contributed by atoms with Gasteiger partial charge >= 0.3 is 0 Å². The Balaban J connectivity index is 2.17. The summed E-state index contributed by atoms with van der Waals surface area (Å²) in [7, 11) is 3.16. The minimum Gasteiger partial charge on any atom is -0.504 e. The fourth-order valence-electron chi connectivity index (χ4n) is 2.18. The van der Waals surface area contributed by atoms with Gasteiger partial charge in [-0.25, -0.2) is 0 Å². The zero-order valence-corrected chi connectivity index (χ0v) is 10.9. The van der Waals surface area contributed by atoms with Crippen molar-refractivity contribution in [2.45, 2.75) is 6.54 Å². The maximum atomic E-state index is 9.83. The molecule has 2 rings (SSSR count). The topological polar surface area (TPSA) is 54.0 Å². The first kappa shape index (κ1) is 13.0. The summed E-state index contributed by atoms with van der Waals surface area (Å²) in [6.45, 7) is 4.81. The maximum absolute atomic E-state index is 9.83. The molecular weight excluding hydrogens is 232 g/mol. The van der Waals surface area contributed by atoms with Gasteiger partial charge in [-0.15, -0.1) is 0 Å². The third-order valence-corrected chi connectivity index (χ3v) is 3.19. The molecule has 0 aliphatic carbocycles. The fraction of sp³-hybridized carbons (Fsp3) is 0.538. The van der Waals surface area contributed by atoms with E-state index in [1.165, 1.54) is 7.11 Å². The molecule has 18 heavy (non-hydrogen) atoms. The first-order valence-electron chi connectivity index (χ1n) is 6.11. The molecule has 2 N–H and O–H groups in total. The molecule has 1 fully saturated rings. The van der Waals surface area contributed by atoms with Crippen LogP contribution in [0.5, 0.6) is 17.2 Å². The number of nitrogens with one attached hydrogen (secondary N) is 1. The number of benzene rings is 1. The molecule has 0 unspecified atom stereocenters. The van der Waals surface area contributed by atoms with Crippen molar-refractivity contribution in [3.63, 3.8) is 0 Å². The highest BCUT2D eigenvalue weighted by molar-refractivity contribution is 5.49. The van der Waals surface area contributed by atoms with Gasteiger partial charge in [0, 0.05) is 44.4 Å². The summed E-state index contributed by atoms with van der Waals surface area (Å²) < 4.78 is 10.4. The van der Waals surface area contributed by atoms with Gasteiger partial charge in [-0.1, -0.05) is 0 Å². The molecule has 0 bridgehead atoms. The lowest BCUT2D eigenvalue weighted by Crippen LogP contribution is -2.42. The molecule has 1 heterocycles. The fourth-order valence-corrected chi connectivity index (χ4v) is 2.18. The van der Waals surface area contributed by atoms with E-state index in [1.807, 2.05) is 0 Å². The highest BCUT2D eigenvalue weighted by Crippen LogP contribution is 2.34. The number of hydrogen-bond donors (Lipinski definition) is 2. The number of nitrogens with zero attached hydrogens (tertiary/aromatic N) is 1. The van der Waals surface area contributed by atoms with Gasteiger partial charge < -0.3 is 19.9 Å². The Hall–Kier alpha value is -1.46. The monoisotopic (exact) mass is 252 g/mol. The first-order chi connectivity index (χ1) is 8.74. The minimum atomic E-state index is 0.156. The lowest BCUT2D eigenvalue weighted by atomic mass is 10.1. The number of piperazine rings is 1. The molecule has 5 heteroatoms. The second-order valence-electron chi connectivity index (χ2n) is 4.36. The van der Waals surface area contributed by atoms with E-state index in [1.54, 1.807) is 19.2 Å². The van der Waals surface area contributed by atoms with Crippen molar-refractivity contribution in [3.05, 3.63) is 17.7 Å². The number of ether oxygens (including phenoxy) is 2. The van der Waals surface area contributed by atoms with Crippen LogP contribution in [0.1, 0.15) is 5.56 Å². The molecule has 0 aromatic heterocycles. The van der Waals surface area contributed by atoms with Gasteiger partial charge in [-0.3, -0.25) is 4.90 Å². The highest BCUT2D eigenvalue weighted by Gasteiger charge is 2.15. The molecule has 1 aliphatic rings. The van der Waals surface area contributed by atoms with Crippen LogP contribution in [0.3, 0.4) is 0 Å². The lowest BCUT2D eigenvalue weighted by Gasteiger charge is -2.27. The number of rotatable bonds is 4. The van der Waals surface area contributed by atoms with E-state index in [0.717, 1.165) is 44.0 Å². The maximum Gasteiger partial charge on any atom is 0.164 e. The number of methoxy groups -OCH3 is 2. The van der Waals surface area contributed by atoms with Crippen LogP contribution in [0, 0.1) is 0 Å². The van der Waals surface area contributed by atoms with Crippen molar-refractivity contribution >= 4 is 0 Å². The van der Waals surface area contributed by atoms with E-state index >= 15 is 0 Å². The Bertz CT molecular complexity index is 403. The van der Waals surface area contributed by atoms with Crippen LogP contribution in [0.25, 0.3) is 0 Å². The number of hydrogen-bond acceptors (Lipinski definition) is 5. The quantitative estimate of drug-likeness (QED) is 0.830. The number of phenols is 1. The van der Waals surface area contributed by atoms with Crippen molar-refractivity contribution in [3.8, 4) is 17.2 Å². The average Bonchev–Trinajstić information content (AvgIpc) is 2.40. The molecule has 0 atom stereocenters. The van der Waals surface area contributed by atoms with E-state index in [9.17, 15) is 5.11 Å². The van der Waals surface area contributed by atoms with E-state index in [0.29, 0.717) is 5.75 Å². The zero-order valence-electron chi connectivity index (χ0n) is 10.9. The van der Waals surface area contributed by atoms with Gasteiger partial charge in [-0.2, -0.15) is 0 Å². The molecule has 100 valence electrons. The number of aromatic hydroxyl groups is 1. The Morgan fingerprint density at radius 2 is 1.83 bits per heavy atom. The van der Waals surface area contributed by atoms with Gasteiger partial charge in [0.2, 0.25) is 0 Å². The van der Waals surface area contributed by atoms with Crippen molar-refractivity contribution in [1.82, 2.24) is 10.2 Å². The van der Waals surface area contributed by atoms with Gasteiger partial charge in [-0.05, 0) is 6.07 Å². The first-order valence-corrected chi connectivity index (χ1v) is 6.11. The van der Waals surface area contributed by atoms with Crippen LogP contribution in [0.2, 0.25) is 0 Å². The van der Waals surface area contributed by atoms with Gasteiger partial charge in [0.1, 0.15) is 5.75 Å². The predicted octanol–water partition coefficient (Wildman–Crippen LogP) is 0.815. The molecule has 5 nitrogen and oxygen atoms in total. The molecule has 0 saturated carbocycles. The van der Waals surface area contributed by atoms with Crippen LogP contribution in [-0.4, -0.2) is 50.4 Å². The molecule has 0 amide bonds. The van der Waals surface area contributed by atoms with Crippen LogP contribution in [-0.2, 0) is 6.54 Å². The normalized spacial score (nSPS) is 16.6. The number of phenolic OH excluding ortho intramolecular Hbond substituents is 1. The third kappa shape index (κ3) is 2.86. The van der Waals surface area contributed by atoms with Crippen molar-refractivity contribution in [2.24, 2.45) is 0 Å². The molecule has 1 saturated heterocycles. The standard InChI is InChI=1S/C13H20N2O3/c1-17-12-8-13(18-2)11(16)7-10(12)9-15-5-3-14-4-6-15/h7-8,14,16H,3-6,9H2,1-2H3. The summed E-state index contributed by atoms with van der Waals surface area (Å²) in [6.07, 6.45) is 0. The smallest absolute Gasteiger partial charge is 0.164 e. The molecule has 1 aliphatic heterocycles. The SMILES string of the molecule is COc1cc(OC)c(CN2CCNCC2)cc1O. The highest BCUT2D eigenvalue weighted by atomic mass is 16.5. The summed E-state index contributed by atoms with van der Waals surface area (Å²) >= 11 is 0. The van der Waals surface area contributed by atoms with Crippen molar-refractivity contribution in [1.29, 1.82) is 0 Å². The van der Waals surface area contributed by atoms with Crippen LogP contribution < -0.4 is 14.8 Å². The van der Waals surface area contributed by atoms with E-state index in [2.05, 4.69) is 10.2 Å². The lowest BCUT2D eigenvalue weighted by molar-refractivity contribution is 0.229. The Morgan fingerprint density at radius 3 is 2.44 bits per heavy atom. The second kappa shape index (κ2) is 5.93. The Kier molecular flexibility index (Phi) is 4.28. The van der Waals surface area contributed by atoms with Gasteiger partial charge in [0.05, 0.1) is 14.2 Å². The zero-order chi connectivity index (χ0) is 13.0. The Morgan fingerprint density at radius 1 is 1.17 bits per heavy atom. The second-order valence-corrected chi connectivity index (χ2v) is 4.36. The van der Waals surface area contributed by atoms with Gasteiger partial charge in [0.25, 0.3) is 0 Å². The van der Waals surface area contributed by atoms with Crippen LogP contribution >= 0.6 is 0 Å². The third-order valence-electron chi connectivity index (χ3n) is 3.19. The van der Waals surface area contributed by atoms with Crippen LogP contribution in [0.4, 0.5) is 0 Å². The molecule has 1 aromatic rings. The summed E-state index contributed by atoms with van der Waals surface area (Å²) in [6, 6.07) is 3.45. The minimum absolute atomic E-state index is 0.156. The molecular formula is C13H20N2O3. The van der Waals surface area contributed by atoms with Crippen molar-refractivity contribution in [2.75, 3.05) is 40.4 Å². The van der Waals surface area contributed by atoms with E-state index in [-0.39, 0.29) is 5.75 Å². The van der Waals surface area contributed by atoms with E-state index < -0.39 is 0 Å². The summed E-state index contributed by atoms with van der Waals surface area (Å²) in [5.74, 6) is 1.35. The molecule has 1 aromatic carbocycles. The summed E-state index contributed by atoms with van der Waals surface area (Å²) in [5.41, 5.74) is 0.984. The van der Waals surface area contributed by atoms with E-state index in [4.69, 9.17) is 9.47 Å². The van der Waals surface area contributed by atoms with Gasteiger partial charge in [0.15, 0.2) is 11.5 Å². The average molecular weight is 252 g/mol. The molecule has 0 spiro atoms. The Labute approximate surface area is 107 Å². The summed E-state index contributed by atoms with van der Waals surface area (Å²) in [5, 5.41) is 13.1. The molecule has 0 radical (unpaired) electrons. The predicted molar refractivity (Wildman–Crippen MR) is 69.4 cm³/mol. The van der Waals surface area contributed by atoms with Crippen molar-refractivity contribution < 1.29 is 14.6 Å².